The maximum Gasteiger partial charge on any atom is 0.129 e. The number of halogens is 1. The zero-order valence-electron chi connectivity index (χ0n) is 10.4. The fraction of sp³-hybridized carbons (Fsp3) is 0.357. The van der Waals surface area contributed by atoms with Crippen molar-refractivity contribution < 1.29 is 0 Å². The van der Waals surface area contributed by atoms with Gasteiger partial charge < -0.3 is 10.2 Å². The second-order valence-corrected chi connectivity index (χ2v) is 5.61. The van der Waals surface area contributed by atoms with E-state index in [0.717, 1.165) is 42.0 Å². The third-order valence-electron chi connectivity index (χ3n) is 3.41. The van der Waals surface area contributed by atoms with Gasteiger partial charge in [0.2, 0.25) is 0 Å². The van der Waals surface area contributed by atoms with Gasteiger partial charge in [0.25, 0.3) is 0 Å². The van der Waals surface area contributed by atoms with Crippen LogP contribution in [-0.2, 0) is 0 Å². The highest BCUT2D eigenvalue weighted by Gasteiger charge is 2.13. The Morgan fingerprint density at radius 3 is 2.78 bits per heavy atom. The molecule has 1 fully saturated rings. The van der Waals surface area contributed by atoms with E-state index in [4.69, 9.17) is 4.98 Å². The second-order valence-electron chi connectivity index (χ2n) is 4.70. The average Bonchev–Trinajstić information content (AvgIpc) is 2.39. The van der Waals surface area contributed by atoms with Crippen molar-refractivity contribution in [2.45, 2.75) is 6.92 Å². The maximum atomic E-state index is 4.79. The van der Waals surface area contributed by atoms with Crippen LogP contribution in [0.5, 0.6) is 0 Å². The Hall–Kier alpha value is -1.13. The molecule has 1 aromatic carbocycles. The largest absolute Gasteiger partial charge is 0.354 e. The third-order valence-corrected chi connectivity index (χ3v) is 3.90. The summed E-state index contributed by atoms with van der Waals surface area (Å²) in [6.45, 7) is 6.30. The number of aromatic nitrogens is 1. The monoisotopic (exact) mass is 305 g/mol. The van der Waals surface area contributed by atoms with Gasteiger partial charge in [0.15, 0.2) is 0 Å². The Morgan fingerprint density at radius 1 is 1.22 bits per heavy atom. The van der Waals surface area contributed by atoms with E-state index < -0.39 is 0 Å². The smallest absolute Gasteiger partial charge is 0.129 e. The van der Waals surface area contributed by atoms with Crippen LogP contribution in [0.25, 0.3) is 10.9 Å². The Bertz CT molecular complexity index is 577. The summed E-state index contributed by atoms with van der Waals surface area (Å²) in [6.07, 6.45) is 0. The van der Waals surface area contributed by atoms with E-state index in [0.29, 0.717) is 0 Å². The van der Waals surface area contributed by atoms with Crippen LogP contribution in [0.1, 0.15) is 5.56 Å². The molecule has 1 saturated heterocycles. The van der Waals surface area contributed by atoms with Crippen molar-refractivity contribution in [3.05, 3.63) is 34.3 Å². The minimum atomic E-state index is 1.03. The normalized spacial score (nSPS) is 16.2. The number of benzene rings is 1. The first-order chi connectivity index (χ1) is 8.74. The molecule has 2 heterocycles. The zero-order chi connectivity index (χ0) is 12.5. The van der Waals surface area contributed by atoms with Crippen LogP contribution in [0.15, 0.2) is 28.7 Å². The predicted octanol–water partition coefficient (Wildman–Crippen LogP) is 2.72. The zero-order valence-corrected chi connectivity index (χ0v) is 12.0. The quantitative estimate of drug-likeness (QED) is 0.878. The summed E-state index contributed by atoms with van der Waals surface area (Å²) in [5, 5.41) is 4.60. The van der Waals surface area contributed by atoms with Crippen LogP contribution in [0.3, 0.4) is 0 Å². The van der Waals surface area contributed by atoms with E-state index in [-0.39, 0.29) is 0 Å². The summed E-state index contributed by atoms with van der Waals surface area (Å²) in [5.41, 5.74) is 2.36. The molecule has 3 rings (SSSR count). The molecule has 4 heteroatoms. The molecule has 0 bridgehead atoms. The number of nitrogens with zero attached hydrogens (tertiary/aromatic N) is 2. The Balaban J connectivity index is 2.07. The molecule has 0 amide bonds. The Kier molecular flexibility index (Phi) is 3.22. The molecular weight excluding hydrogens is 290 g/mol. The molecule has 2 aromatic rings. The van der Waals surface area contributed by atoms with Gasteiger partial charge >= 0.3 is 0 Å². The number of piperazine rings is 1. The van der Waals surface area contributed by atoms with Gasteiger partial charge in [0, 0.05) is 36.0 Å². The molecule has 3 nitrogen and oxygen atoms in total. The molecule has 0 saturated carbocycles. The fourth-order valence-corrected chi connectivity index (χ4v) is 2.76. The van der Waals surface area contributed by atoms with Crippen molar-refractivity contribution in [1.29, 1.82) is 0 Å². The predicted molar refractivity (Wildman–Crippen MR) is 79.3 cm³/mol. The number of hydrogen-bond donors (Lipinski definition) is 1. The van der Waals surface area contributed by atoms with Gasteiger partial charge in [0.1, 0.15) is 5.82 Å². The van der Waals surface area contributed by atoms with Gasteiger partial charge in [-0.15, -0.1) is 0 Å². The Morgan fingerprint density at radius 2 is 2.00 bits per heavy atom. The van der Waals surface area contributed by atoms with Gasteiger partial charge in [-0.3, -0.25) is 0 Å². The summed E-state index contributed by atoms with van der Waals surface area (Å²) in [4.78, 5) is 7.14. The van der Waals surface area contributed by atoms with Gasteiger partial charge in [-0.2, -0.15) is 0 Å². The molecule has 0 radical (unpaired) electrons. The molecule has 1 aromatic heterocycles. The summed E-state index contributed by atoms with van der Waals surface area (Å²) in [5.74, 6) is 1.10. The lowest BCUT2D eigenvalue weighted by molar-refractivity contribution is 0.585. The number of rotatable bonds is 1. The van der Waals surface area contributed by atoms with Crippen molar-refractivity contribution in [1.82, 2.24) is 10.3 Å². The summed E-state index contributed by atoms with van der Waals surface area (Å²) in [6, 6.07) is 8.49. The molecule has 18 heavy (non-hydrogen) atoms. The third kappa shape index (κ3) is 2.22. The molecule has 1 aliphatic rings. The summed E-state index contributed by atoms with van der Waals surface area (Å²) < 4.78 is 1.08. The van der Waals surface area contributed by atoms with Crippen LogP contribution in [-0.4, -0.2) is 31.2 Å². The number of fused-ring (bicyclic) bond motifs is 1. The molecule has 0 unspecified atom stereocenters. The number of pyridine rings is 1. The van der Waals surface area contributed by atoms with Crippen LogP contribution in [0, 0.1) is 6.92 Å². The Labute approximate surface area is 115 Å². The van der Waals surface area contributed by atoms with E-state index in [1.165, 1.54) is 10.9 Å². The van der Waals surface area contributed by atoms with Crippen molar-refractivity contribution in [2.75, 3.05) is 31.1 Å². The van der Waals surface area contributed by atoms with Gasteiger partial charge in [-0.05, 0) is 30.7 Å². The standard InChI is InChI=1S/C14H16BrN3/c1-10-8-14(18-6-4-16-5-7-18)17-13-9-11(15)2-3-12(10)13/h2-3,8-9,16H,4-7H2,1H3. The highest BCUT2D eigenvalue weighted by molar-refractivity contribution is 9.10. The number of hydrogen-bond acceptors (Lipinski definition) is 3. The van der Waals surface area contributed by atoms with E-state index in [1.54, 1.807) is 0 Å². The number of nitrogens with one attached hydrogen (secondary N) is 1. The maximum absolute atomic E-state index is 4.79. The number of aryl methyl sites for hydroxylation is 1. The van der Waals surface area contributed by atoms with Crippen LogP contribution < -0.4 is 10.2 Å². The highest BCUT2D eigenvalue weighted by Crippen LogP contribution is 2.25. The van der Waals surface area contributed by atoms with E-state index in [1.807, 2.05) is 0 Å². The molecule has 94 valence electrons. The van der Waals surface area contributed by atoms with Gasteiger partial charge in [-0.25, -0.2) is 4.98 Å². The molecule has 0 atom stereocenters. The van der Waals surface area contributed by atoms with Gasteiger partial charge in [-0.1, -0.05) is 22.0 Å². The lowest BCUT2D eigenvalue weighted by atomic mass is 10.1. The van der Waals surface area contributed by atoms with Crippen LogP contribution >= 0.6 is 15.9 Å². The SMILES string of the molecule is Cc1cc(N2CCNCC2)nc2cc(Br)ccc12. The minimum Gasteiger partial charge on any atom is -0.354 e. The minimum absolute atomic E-state index is 1.03. The average molecular weight is 306 g/mol. The highest BCUT2D eigenvalue weighted by atomic mass is 79.9. The van der Waals surface area contributed by atoms with Crippen molar-refractivity contribution in [2.24, 2.45) is 0 Å². The molecule has 1 aliphatic heterocycles. The first kappa shape index (κ1) is 11.9. The van der Waals surface area contributed by atoms with E-state index in [9.17, 15) is 0 Å². The fourth-order valence-electron chi connectivity index (χ4n) is 2.41. The van der Waals surface area contributed by atoms with Crippen molar-refractivity contribution >= 4 is 32.7 Å². The lowest BCUT2D eigenvalue weighted by Gasteiger charge is -2.28. The molecular formula is C14H16BrN3. The van der Waals surface area contributed by atoms with E-state index >= 15 is 0 Å². The first-order valence-corrected chi connectivity index (χ1v) is 7.06. The molecule has 1 N–H and O–H groups in total. The van der Waals surface area contributed by atoms with E-state index in [2.05, 4.69) is 57.3 Å². The van der Waals surface area contributed by atoms with Gasteiger partial charge in [0.05, 0.1) is 5.52 Å². The lowest BCUT2D eigenvalue weighted by Crippen LogP contribution is -2.43. The molecule has 0 spiro atoms. The van der Waals surface area contributed by atoms with Crippen LogP contribution in [0.4, 0.5) is 5.82 Å². The van der Waals surface area contributed by atoms with Crippen LogP contribution in [0.2, 0.25) is 0 Å². The van der Waals surface area contributed by atoms with Crippen molar-refractivity contribution in [3.8, 4) is 0 Å². The summed E-state index contributed by atoms with van der Waals surface area (Å²) in [7, 11) is 0. The summed E-state index contributed by atoms with van der Waals surface area (Å²) >= 11 is 3.51. The van der Waals surface area contributed by atoms with Crippen molar-refractivity contribution in [3.63, 3.8) is 0 Å². The topological polar surface area (TPSA) is 28.2 Å². The molecule has 0 aliphatic carbocycles. The second kappa shape index (κ2) is 4.86. The first-order valence-electron chi connectivity index (χ1n) is 6.26. The number of anilines is 1.